The maximum absolute atomic E-state index is 4.31. The Morgan fingerprint density at radius 1 is 1.12 bits per heavy atom. The molecule has 0 saturated carbocycles. The Labute approximate surface area is 108 Å². The van der Waals surface area contributed by atoms with Crippen molar-refractivity contribution >= 4 is 38.3 Å². The lowest BCUT2D eigenvalue weighted by molar-refractivity contribution is 0.959. The summed E-state index contributed by atoms with van der Waals surface area (Å²) >= 11 is 3.48. The van der Waals surface area contributed by atoms with E-state index < -0.39 is 0 Å². The summed E-state index contributed by atoms with van der Waals surface area (Å²) in [5, 5.41) is 8.92. The van der Waals surface area contributed by atoms with Crippen LogP contribution < -0.4 is 10.6 Å². The molecule has 1 heterocycles. The summed E-state index contributed by atoms with van der Waals surface area (Å²) in [5.74, 6) is 0.862. The molecule has 0 aromatic heterocycles. The van der Waals surface area contributed by atoms with Gasteiger partial charge >= 0.3 is 0 Å². The second kappa shape index (κ2) is 4.37. The molecule has 2 aromatic carbocycles. The normalized spacial score (nSPS) is 14.5. The van der Waals surface area contributed by atoms with Crippen LogP contribution in [0.2, 0.25) is 0 Å². The van der Waals surface area contributed by atoms with E-state index in [2.05, 4.69) is 68.0 Å². The number of halogens is 1. The van der Waals surface area contributed by atoms with Gasteiger partial charge in [0.2, 0.25) is 0 Å². The highest BCUT2D eigenvalue weighted by Crippen LogP contribution is 2.22. The third kappa shape index (κ3) is 2.26. The smallest absolute Gasteiger partial charge is 0.195 e. The molecule has 0 unspecified atom stereocenters. The fourth-order valence-electron chi connectivity index (χ4n) is 1.91. The van der Waals surface area contributed by atoms with Crippen LogP contribution in [0.4, 0.5) is 5.69 Å². The number of hydrogen-bond donors (Lipinski definition) is 2. The van der Waals surface area contributed by atoms with Gasteiger partial charge in [-0.1, -0.05) is 28.1 Å². The van der Waals surface area contributed by atoms with Crippen LogP contribution in [0.25, 0.3) is 10.8 Å². The lowest BCUT2D eigenvalue weighted by atomic mass is 10.1. The minimum Gasteiger partial charge on any atom is -0.354 e. The number of hydrogen-bond acceptors (Lipinski definition) is 3. The van der Waals surface area contributed by atoms with Gasteiger partial charge in [0.25, 0.3) is 0 Å². The summed E-state index contributed by atoms with van der Waals surface area (Å²) in [6.45, 7) is 1.77. The number of nitrogens with zero attached hydrogens (tertiary/aromatic N) is 1. The summed E-state index contributed by atoms with van der Waals surface area (Å²) in [6.07, 6.45) is 0. The fourth-order valence-corrected chi connectivity index (χ4v) is 2.29. The molecular weight excluding hydrogens is 278 g/mol. The van der Waals surface area contributed by atoms with Crippen LogP contribution in [-0.4, -0.2) is 19.0 Å². The van der Waals surface area contributed by atoms with Crippen LogP contribution in [0, 0.1) is 0 Å². The average molecular weight is 290 g/mol. The molecule has 17 heavy (non-hydrogen) atoms. The monoisotopic (exact) mass is 289 g/mol. The van der Waals surface area contributed by atoms with Gasteiger partial charge in [-0.2, -0.15) is 0 Å². The van der Waals surface area contributed by atoms with Crippen molar-refractivity contribution in [2.24, 2.45) is 4.99 Å². The van der Waals surface area contributed by atoms with Crippen LogP contribution >= 0.6 is 15.9 Å². The van der Waals surface area contributed by atoms with E-state index in [9.17, 15) is 0 Å². The molecular formula is C13H12BrN3. The van der Waals surface area contributed by atoms with Gasteiger partial charge in [0.05, 0.1) is 6.54 Å². The number of fused-ring (bicyclic) bond motifs is 1. The first-order valence-electron chi connectivity index (χ1n) is 5.56. The minimum absolute atomic E-state index is 0.850. The predicted molar refractivity (Wildman–Crippen MR) is 75.6 cm³/mol. The summed E-state index contributed by atoms with van der Waals surface area (Å²) in [4.78, 5) is 4.31. The van der Waals surface area contributed by atoms with Gasteiger partial charge in [-0.15, -0.1) is 0 Å². The highest BCUT2D eigenvalue weighted by Gasteiger charge is 2.05. The molecule has 2 aromatic rings. The first-order chi connectivity index (χ1) is 8.31. The van der Waals surface area contributed by atoms with Crippen LogP contribution in [0.3, 0.4) is 0 Å². The zero-order valence-corrected chi connectivity index (χ0v) is 10.8. The molecule has 4 heteroatoms. The molecule has 0 spiro atoms. The zero-order chi connectivity index (χ0) is 11.7. The SMILES string of the molecule is Brc1ccc2cc(NC3=NCCN3)ccc2c1. The van der Waals surface area contributed by atoms with Crippen LogP contribution in [0.1, 0.15) is 0 Å². The van der Waals surface area contributed by atoms with Crippen molar-refractivity contribution in [3.63, 3.8) is 0 Å². The molecule has 1 aliphatic heterocycles. The number of aliphatic imine (C=N–C) groups is 1. The molecule has 0 radical (unpaired) electrons. The van der Waals surface area contributed by atoms with Crippen molar-refractivity contribution in [1.82, 2.24) is 5.32 Å². The van der Waals surface area contributed by atoms with Crippen molar-refractivity contribution in [2.75, 3.05) is 18.4 Å². The van der Waals surface area contributed by atoms with Crippen molar-refractivity contribution in [2.45, 2.75) is 0 Å². The molecule has 0 bridgehead atoms. The second-order valence-electron chi connectivity index (χ2n) is 3.99. The van der Waals surface area contributed by atoms with Crippen molar-refractivity contribution in [1.29, 1.82) is 0 Å². The highest BCUT2D eigenvalue weighted by molar-refractivity contribution is 9.10. The summed E-state index contributed by atoms with van der Waals surface area (Å²) < 4.78 is 1.10. The lowest BCUT2D eigenvalue weighted by Gasteiger charge is -2.07. The van der Waals surface area contributed by atoms with E-state index >= 15 is 0 Å². The van der Waals surface area contributed by atoms with E-state index in [1.165, 1.54) is 10.8 Å². The fraction of sp³-hybridized carbons (Fsp3) is 0.154. The van der Waals surface area contributed by atoms with Gasteiger partial charge in [0.1, 0.15) is 0 Å². The van der Waals surface area contributed by atoms with Crippen LogP contribution in [0.15, 0.2) is 45.9 Å². The molecule has 1 aliphatic rings. The predicted octanol–water partition coefficient (Wildman–Crippen LogP) is 2.97. The molecule has 86 valence electrons. The molecule has 0 aliphatic carbocycles. The van der Waals surface area contributed by atoms with Crippen molar-refractivity contribution in [3.8, 4) is 0 Å². The number of anilines is 1. The van der Waals surface area contributed by atoms with E-state index in [4.69, 9.17) is 0 Å². The number of rotatable bonds is 1. The maximum atomic E-state index is 4.31. The Kier molecular flexibility index (Phi) is 2.73. The first kappa shape index (κ1) is 10.6. The summed E-state index contributed by atoms with van der Waals surface area (Å²) in [7, 11) is 0. The Balaban J connectivity index is 1.93. The summed E-state index contributed by atoms with van der Waals surface area (Å²) in [6, 6.07) is 12.6. The standard InChI is InChI=1S/C13H12BrN3/c14-11-3-1-10-8-12(4-2-9(10)7-11)17-13-15-5-6-16-13/h1-4,7-8H,5-6H2,(H2,15,16,17). The van der Waals surface area contributed by atoms with E-state index in [0.29, 0.717) is 0 Å². The van der Waals surface area contributed by atoms with Gasteiger partial charge in [-0.3, -0.25) is 4.99 Å². The Bertz CT molecular complexity index is 592. The zero-order valence-electron chi connectivity index (χ0n) is 9.20. The van der Waals surface area contributed by atoms with E-state index in [1.54, 1.807) is 0 Å². The Hall–Kier alpha value is -1.55. The minimum atomic E-state index is 0.850. The van der Waals surface area contributed by atoms with Gasteiger partial charge < -0.3 is 10.6 Å². The van der Waals surface area contributed by atoms with Crippen molar-refractivity contribution < 1.29 is 0 Å². The van der Waals surface area contributed by atoms with E-state index in [1.807, 2.05) is 0 Å². The molecule has 0 saturated heterocycles. The number of benzene rings is 2. The molecule has 0 atom stereocenters. The topological polar surface area (TPSA) is 36.4 Å². The highest BCUT2D eigenvalue weighted by atomic mass is 79.9. The first-order valence-corrected chi connectivity index (χ1v) is 6.35. The van der Waals surface area contributed by atoms with Gasteiger partial charge in [0.15, 0.2) is 5.96 Å². The quantitative estimate of drug-likeness (QED) is 0.847. The number of nitrogens with one attached hydrogen (secondary N) is 2. The molecule has 3 rings (SSSR count). The van der Waals surface area contributed by atoms with Gasteiger partial charge in [-0.25, -0.2) is 0 Å². The van der Waals surface area contributed by atoms with Crippen LogP contribution in [0.5, 0.6) is 0 Å². The third-order valence-electron chi connectivity index (χ3n) is 2.74. The molecule has 3 nitrogen and oxygen atoms in total. The Morgan fingerprint density at radius 3 is 2.76 bits per heavy atom. The lowest BCUT2D eigenvalue weighted by Crippen LogP contribution is -2.26. The molecule has 0 fully saturated rings. The molecule has 0 amide bonds. The second-order valence-corrected chi connectivity index (χ2v) is 4.90. The van der Waals surface area contributed by atoms with Crippen LogP contribution in [-0.2, 0) is 0 Å². The largest absolute Gasteiger partial charge is 0.354 e. The average Bonchev–Trinajstić information content (AvgIpc) is 2.82. The van der Waals surface area contributed by atoms with Crippen molar-refractivity contribution in [3.05, 3.63) is 40.9 Å². The Morgan fingerprint density at radius 2 is 1.94 bits per heavy atom. The maximum Gasteiger partial charge on any atom is 0.195 e. The summed E-state index contributed by atoms with van der Waals surface area (Å²) in [5.41, 5.74) is 1.06. The van der Waals surface area contributed by atoms with Gasteiger partial charge in [0, 0.05) is 16.7 Å². The number of guanidine groups is 1. The third-order valence-corrected chi connectivity index (χ3v) is 3.23. The van der Waals surface area contributed by atoms with E-state index in [-0.39, 0.29) is 0 Å². The molecule has 2 N–H and O–H groups in total. The van der Waals surface area contributed by atoms with Gasteiger partial charge in [-0.05, 0) is 35.0 Å². The van der Waals surface area contributed by atoms with E-state index in [0.717, 1.165) is 29.2 Å².